The van der Waals surface area contributed by atoms with Crippen LogP contribution in [0.25, 0.3) is 0 Å². The van der Waals surface area contributed by atoms with Crippen LogP contribution in [-0.2, 0) is 16.0 Å². The predicted octanol–water partition coefficient (Wildman–Crippen LogP) is 2.03. The van der Waals surface area contributed by atoms with Crippen LogP contribution in [0.1, 0.15) is 31.2 Å². The van der Waals surface area contributed by atoms with Crippen LogP contribution in [0.4, 0.5) is 0 Å². The van der Waals surface area contributed by atoms with Crippen LogP contribution in [0.2, 0.25) is 0 Å². The van der Waals surface area contributed by atoms with E-state index in [0.717, 1.165) is 24.3 Å². The normalized spacial score (nSPS) is 26.2. The summed E-state index contributed by atoms with van der Waals surface area (Å²) in [5.74, 6) is 0.208. The van der Waals surface area contributed by atoms with Gasteiger partial charge < -0.3 is 19.6 Å². The SMILES string of the molecule is COc1ccc(CCC(=O)N2CC[C@@]3(C(=O)O)CCCN(C)[C@H]3C2)cc1. The third-order valence-electron chi connectivity index (χ3n) is 6.09. The van der Waals surface area contributed by atoms with Crippen molar-refractivity contribution in [2.24, 2.45) is 5.41 Å². The monoisotopic (exact) mass is 360 g/mol. The number of rotatable bonds is 5. The Hall–Kier alpha value is -2.08. The topological polar surface area (TPSA) is 70.1 Å². The lowest BCUT2D eigenvalue weighted by atomic mass is 9.68. The molecule has 3 rings (SSSR count). The minimum Gasteiger partial charge on any atom is -0.497 e. The first kappa shape index (κ1) is 18.7. The molecule has 1 aromatic rings. The number of nitrogens with zero attached hydrogens (tertiary/aromatic N) is 2. The van der Waals surface area contributed by atoms with Gasteiger partial charge in [-0.2, -0.15) is 0 Å². The van der Waals surface area contributed by atoms with Crippen LogP contribution < -0.4 is 4.74 Å². The largest absolute Gasteiger partial charge is 0.497 e. The molecule has 6 heteroatoms. The standard InChI is InChI=1S/C20H28N2O4/c1-21-12-3-10-20(19(24)25)11-13-22(14-17(20)21)18(23)9-6-15-4-7-16(26-2)8-5-15/h4-5,7-8,17H,3,6,9-14H2,1-2H3,(H,24,25)/t17-,20-/m0/s1. The Morgan fingerprint density at radius 3 is 2.62 bits per heavy atom. The van der Waals surface area contributed by atoms with E-state index in [0.29, 0.717) is 38.8 Å². The number of carboxylic acid groups (broad SMARTS) is 1. The Labute approximate surface area is 154 Å². The highest BCUT2D eigenvalue weighted by atomic mass is 16.5. The number of hydrogen-bond acceptors (Lipinski definition) is 4. The van der Waals surface area contributed by atoms with Crippen molar-refractivity contribution >= 4 is 11.9 Å². The molecule has 0 saturated carbocycles. The molecule has 2 fully saturated rings. The number of amides is 1. The molecular formula is C20H28N2O4. The fourth-order valence-electron chi connectivity index (χ4n) is 4.41. The van der Waals surface area contributed by atoms with Gasteiger partial charge in [-0.1, -0.05) is 12.1 Å². The van der Waals surface area contributed by atoms with E-state index in [1.54, 1.807) is 7.11 Å². The molecular weight excluding hydrogens is 332 g/mol. The average molecular weight is 360 g/mol. The van der Waals surface area contributed by atoms with Gasteiger partial charge in [-0.25, -0.2) is 0 Å². The number of likely N-dealkylation sites (tertiary alicyclic amines) is 2. The number of hydrogen-bond donors (Lipinski definition) is 1. The summed E-state index contributed by atoms with van der Waals surface area (Å²) in [4.78, 5) is 28.6. The first-order valence-electron chi connectivity index (χ1n) is 9.30. The second-order valence-electron chi connectivity index (χ2n) is 7.50. The summed E-state index contributed by atoms with van der Waals surface area (Å²) in [5, 5.41) is 9.82. The van der Waals surface area contributed by atoms with Crippen molar-refractivity contribution in [2.75, 3.05) is 33.8 Å². The number of fused-ring (bicyclic) bond motifs is 1. The van der Waals surface area contributed by atoms with Crippen LogP contribution in [0.3, 0.4) is 0 Å². The summed E-state index contributed by atoms with van der Waals surface area (Å²) < 4.78 is 5.15. The van der Waals surface area contributed by atoms with Gasteiger partial charge in [0.15, 0.2) is 0 Å². The molecule has 6 nitrogen and oxygen atoms in total. The highest BCUT2D eigenvalue weighted by Gasteiger charge is 2.52. The van der Waals surface area contributed by atoms with Crippen molar-refractivity contribution in [1.82, 2.24) is 9.80 Å². The zero-order valence-electron chi connectivity index (χ0n) is 15.6. The number of piperidine rings is 2. The van der Waals surface area contributed by atoms with Crippen LogP contribution in [0.15, 0.2) is 24.3 Å². The lowest BCUT2D eigenvalue weighted by Gasteiger charge is -2.51. The van der Waals surface area contributed by atoms with E-state index in [9.17, 15) is 14.7 Å². The first-order chi connectivity index (χ1) is 12.5. The summed E-state index contributed by atoms with van der Waals surface area (Å²) in [5.41, 5.74) is 0.408. The summed E-state index contributed by atoms with van der Waals surface area (Å²) in [7, 11) is 3.61. The maximum absolute atomic E-state index is 12.7. The number of carbonyl (C=O) groups is 2. The minimum absolute atomic E-state index is 0.0903. The van der Waals surface area contributed by atoms with Gasteiger partial charge in [0.2, 0.25) is 5.91 Å². The van der Waals surface area contributed by atoms with Gasteiger partial charge in [0.05, 0.1) is 12.5 Å². The third kappa shape index (κ3) is 3.56. The molecule has 2 heterocycles. The van der Waals surface area contributed by atoms with Crippen molar-refractivity contribution < 1.29 is 19.4 Å². The van der Waals surface area contributed by atoms with Gasteiger partial charge in [0.1, 0.15) is 5.75 Å². The van der Waals surface area contributed by atoms with E-state index < -0.39 is 11.4 Å². The lowest BCUT2D eigenvalue weighted by molar-refractivity contribution is -0.165. The van der Waals surface area contributed by atoms with Gasteiger partial charge in [0, 0.05) is 25.6 Å². The quantitative estimate of drug-likeness (QED) is 0.870. The molecule has 2 aliphatic heterocycles. The number of benzene rings is 1. The maximum atomic E-state index is 12.7. The average Bonchev–Trinajstić information content (AvgIpc) is 2.66. The number of likely N-dealkylation sites (N-methyl/N-ethyl adjacent to an activating group) is 1. The fourth-order valence-corrected chi connectivity index (χ4v) is 4.41. The summed E-state index contributed by atoms with van der Waals surface area (Å²) in [6.45, 7) is 1.95. The van der Waals surface area contributed by atoms with Gasteiger partial charge in [-0.3, -0.25) is 9.59 Å². The molecule has 26 heavy (non-hydrogen) atoms. The number of methoxy groups -OCH3 is 1. The molecule has 0 aliphatic carbocycles. The second kappa shape index (κ2) is 7.66. The van der Waals surface area contributed by atoms with Gasteiger partial charge in [-0.15, -0.1) is 0 Å². The molecule has 1 N–H and O–H groups in total. The highest BCUT2D eigenvalue weighted by molar-refractivity contribution is 5.79. The van der Waals surface area contributed by atoms with Crippen LogP contribution in [0.5, 0.6) is 5.75 Å². The molecule has 142 valence electrons. The molecule has 1 amide bonds. The van der Waals surface area contributed by atoms with Crippen molar-refractivity contribution in [2.45, 2.75) is 38.1 Å². The number of ether oxygens (including phenoxy) is 1. The Morgan fingerprint density at radius 1 is 1.23 bits per heavy atom. The Kier molecular flexibility index (Phi) is 5.51. The lowest BCUT2D eigenvalue weighted by Crippen LogP contribution is -2.63. The van der Waals surface area contributed by atoms with Crippen LogP contribution >= 0.6 is 0 Å². The highest BCUT2D eigenvalue weighted by Crippen LogP contribution is 2.42. The van der Waals surface area contributed by atoms with Crippen molar-refractivity contribution in [1.29, 1.82) is 0 Å². The van der Waals surface area contributed by atoms with Crippen molar-refractivity contribution in [3.63, 3.8) is 0 Å². The first-order valence-corrected chi connectivity index (χ1v) is 9.30. The van der Waals surface area contributed by atoms with Crippen LogP contribution in [0, 0.1) is 5.41 Å². The molecule has 2 atom stereocenters. The van der Waals surface area contributed by atoms with Crippen LogP contribution in [-0.4, -0.2) is 66.6 Å². The number of aryl methyl sites for hydroxylation is 1. The minimum atomic E-state index is -0.709. The molecule has 0 spiro atoms. The molecule has 1 aromatic carbocycles. The Bertz CT molecular complexity index is 660. The van der Waals surface area contributed by atoms with E-state index >= 15 is 0 Å². The van der Waals surface area contributed by atoms with Gasteiger partial charge in [0.25, 0.3) is 0 Å². The van der Waals surface area contributed by atoms with Gasteiger partial charge >= 0.3 is 5.97 Å². The fraction of sp³-hybridized carbons (Fsp3) is 0.600. The summed E-state index contributed by atoms with van der Waals surface area (Å²) in [6, 6.07) is 7.67. The molecule has 2 saturated heterocycles. The summed E-state index contributed by atoms with van der Waals surface area (Å²) in [6.07, 6.45) is 3.30. The van der Waals surface area contributed by atoms with E-state index in [1.807, 2.05) is 36.2 Å². The maximum Gasteiger partial charge on any atom is 0.311 e. The predicted molar refractivity (Wildman–Crippen MR) is 98.2 cm³/mol. The molecule has 0 bridgehead atoms. The van der Waals surface area contributed by atoms with E-state index in [4.69, 9.17) is 4.74 Å². The molecule has 2 aliphatic rings. The zero-order chi connectivity index (χ0) is 18.7. The molecule has 0 radical (unpaired) electrons. The second-order valence-corrected chi connectivity index (χ2v) is 7.50. The number of carboxylic acids is 1. The van der Waals surface area contributed by atoms with Crippen molar-refractivity contribution in [3.8, 4) is 5.75 Å². The third-order valence-corrected chi connectivity index (χ3v) is 6.09. The van der Waals surface area contributed by atoms with E-state index in [2.05, 4.69) is 4.90 Å². The Morgan fingerprint density at radius 2 is 1.96 bits per heavy atom. The zero-order valence-corrected chi connectivity index (χ0v) is 15.6. The molecule has 0 aromatic heterocycles. The summed E-state index contributed by atoms with van der Waals surface area (Å²) >= 11 is 0. The van der Waals surface area contributed by atoms with E-state index in [1.165, 1.54) is 0 Å². The Balaban J connectivity index is 1.61. The molecule has 0 unspecified atom stereocenters. The smallest absolute Gasteiger partial charge is 0.311 e. The number of carbonyl (C=O) groups excluding carboxylic acids is 1. The van der Waals surface area contributed by atoms with Gasteiger partial charge in [-0.05, 0) is 57.0 Å². The van der Waals surface area contributed by atoms with Crippen molar-refractivity contribution in [3.05, 3.63) is 29.8 Å². The number of aliphatic carboxylic acids is 1. The van der Waals surface area contributed by atoms with E-state index in [-0.39, 0.29) is 11.9 Å².